The third kappa shape index (κ3) is 2.70. The number of hydrogen-bond acceptors (Lipinski definition) is 4. The Hall–Kier alpha value is -1.26. The van der Waals surface area contributed by atoms with Crippen LogP contribution in [-0.4, -0.2) is 12.3 Å². The highest BCUT2D eigenvalue weighted by atomic mass is 16.7. The van der Waals surface area contributed by atoms with E-state index in [0.29, 0.717) is 0 Å². The lowest BCUT2D eigenvalue weighted by atomic mass is 9.90. The van der Waals surface area contributed by atoms with Crippen LogP contribution in [0.2, 0.25) is 0 Å². The highest BCUT2D eigenvalue weighted by molar-refractivity contribution is 5.49. The van der Waals surface area contributed by atoms with E-state index in [1.165, 1.54) is 0 Å². The summed E-state index contributed by atoms with van der Waals surface area (Å²) < 4.78 is 10.7. The topological polar surface area (TPSA) is 70.5 Å². The van der Waals surface area contributed by atoms with Gasteiger partial charge in [0.15, 0.2) is 11.5 Å². The van der Waals surface area contributed by atoms with E-state index in [2.05, 4.69) is 0 Å². The smallest absolute Gasteiger partial charge is 0.231 e. The highest BCUT2D eigenvalue weighted by Crippen LogP contribution is 2.37. The van der Waals surface area contributed by atoms with Crippen LogP contribution in [0.15, 0.2) is 12.1 Å². The predicted octanol–water partition coefficient (Wildman–Crippen LogP) is 1.85. The molecule has 0 bridgehead atoms. The zero-order valence-corrected chi connectivity index (χ0v) is 10.6. The second-order valence-electron chi connectivity index (χ2n) is 5.36. The number of aryl methyl sites for hydroxylation is 1. The van der Waals surface area contributed by atoms with E-state index < -0.39 is 0 Å². The monoisotopic (exact) mass is 236 g/mol. The van der Waals surface area contributed by atoms with Gasteiger partial charge in [-0.25, -0.2) is 0 Å². The molecule has 2 rings (SSSR count). The number of fused-ring (bicyclic) bond motifs is 1. The van der Waals surface area contributed by atoms with Crippen molar-refractivity contribution >= 4 is 0 Å². The first-order valence-electron chi connectivity index (χ1n) is 5.81. The van der Waals surface area contributed by atoms with Gasteiger partial charge in [-0.2, -0.15) is 0 Å². The summed E-state index contributed by atoms with van der Waals surface area (Å²) in [5, 5.41) is 0. The Bertz CT molecular complexity index is 424. The number of benzene rings is 1. The summed E-state index contributed by atoms with van der Waals surface area (Å²) in [5.74, 6) is 1.57. The molecule has 1 unspecified atom stereocenters. The third-order valence-electron chi connectivity index (χ3n) is 2.91. The first kappa shape index (κ1) is 12.2. The molecule has 94 valence electrons. The van der Waals surface area contributed by atoms with Crippen LogP contribution in [0.5, 0.6) is 11.5 Å². The molecule has 0 saturated carbocycles. The molecule has 1 aliphatic heterocycles. The molecule has 0 radical (unpaired) electrons. The number of rotatable bonds is 3. The van der Waals surface area contributed by atoms with Crippen LogP contribution in [0.25, 0.3) is 0 Å². The predicted molar refractivity (Wildman–Crippen MR) is 67.1 cm³/mol. The lowest BCUT2D eigenvalue weighted by Gasteiger charge is -2.24. The van der Waals surface area contributed by atoms with Crippen LogP contribution in [0.3, 0.4) is 0 Å². The number of nitrogens with two attached hydrogens (primary N) is 2. The number of ether oxygens (including phenoxy) is 2. The molecular weight excluding hydrogens is 216 g/mol. The van der Waals surface area contributed by atoms with Gasteiger partial charge >= 0.3 is 0 Å². The van der Waals surface area contributed by atoms with E-state index in [9.17, 15) is 0 Å². The molecule has 0 spiro atoms. The van der Waals surface area contributed by atoms with E-state index in [1.54, 1.807) is 0 Å². The van der Waals surface area contributed by atoms with Crippen molar-refractivity contribution in [2.24, 2.45) is 11.5 Å². The second kappa shape index (κ2) is 4.20. The average Bonchev–Trinajstić information content (AvgIpc) is 2.60. The second-order valence-corrected chi connectivity index (χ2v) is 5.36. The molecule has 17 heavy (non-hydrogen) atoms. The lowest BCUT2D eigenvalue weighted by molar-refractivity contribution is 0.174. The highest BCUT2D eigenvalue weighted by Gasteiger charge is 2.22. The Morgan fingerprint density at radius 1 is 1.29 bits per heavy atom. The van der Waals surface area contributed by atoms with Gasteiger partial charge in [0.1, 0.15) is 0 Å². The SMILES string of the molecule is Cc1cc2c(cc1C(N)CC(C)(C)N)OCO2. The van der Waals surface area contributed by atoms with Gasteiger partial charge in [-0.3, -0.25) is 0 Å². The summed E-state index contributed by atoms with van der Waals surface area (Å²) in [6, 6.07) is 3.86. The summed E-state index contributed by atoms with van der Waals surface area (Å²) in [4.78, 5) is 0. The summed E-state index contributed by atoms with van der Waals surface area (Å²) in [6.07, 6.45) is 0.730. The number of hydrogen-bond donors (Lipinski definition) is 2. The van der Waals surface area contributed by atoms with Crippen LogP contribution in [0.4, 0.5) is 0 Å². The summed E-state index contributed by atoms with van der Waals surface area (Å²) in [7, 11) is 0. The molecule has 1 aliphatic rings. The van der Waals surface area contributed by atoms with Gasteiger partial charge in [-0.05, 0) is 50.5 Å². The van der Waals surface area contributed by atoms with Gasteiger partial charge in [-0.1, -0.05) is 0 Å². The molecule has 0 fully saturated rings. The summed E-state index contributed by atoms with van der Waals surface area (Å²) >= 11 is 0. The van der Waals surface area contributed by atoms with Crippen molar-refractivity contribution in [3.05, 3.63) is 23.3 Å². The molecule has 1 heterocycles. The van der Waals surface area contributed by atoms with Gasteiger partial charge in [0, 0.05) is 11.6 Å². The summed E-state index contributed by atoms with van der Waals surface area (Å²) in [6.45, 7) is 6.28. The molecule has 0 saturated heterocycles. The molecule has 0 amide bonds. The Balaban J connectivity index is 2.26. The lowest BCUT2D eigenvalue weighted by Crippen LogP contribution is -2.36. The maximum absolute atomic E-state index is 6.20. The molecule has 0 aliphatic carbocycles. The molecule has 1 aromatic rings. The molecular formula is C13H20N2O2. The fraction of sp³-hybridized carbons (Fsp3) is 0.538. The normalized spacial score (nSPS) is 16.1. The van der Waals surface area contributed by atoms with Gasteiger partial charge in [-0.15, -0.1) is 0 Å². The van der Waals surface area contributed by atoms with Crippen molar-refractivity contribution in [1.29, 1.82) is 0 Å². The fourth-order valence-electron chi connectivity index (χ4n) is 2.14. The van der Waals surface area contributed by atoms with E-state index in [-0.39, 0.29) is 18.4 Å². The van der Waals surface area contributed by atoms with E-state index in [1.807, 2.05) is 32.9 Å². The Kier molecular flexibility index (Phi) is 3.02. The Labute approximate surface area is 102 Å². The van der Waals surface area contributed by atoms with Crippen molar-refractivity contribution in [3.8, 4) is 11.5 Å². The maximum Gasteiger partial charge on any atom is 0.231 e. The van der Waals surface area contributed by atoms with Crippen molar-refractivity contribution in [2.75, 3.05) is 6.79 Å². The van der Waals surface area contributed by atoms with Crippen LogP contribution >= 0.6 is 0 Å². The first-order valence-corrected chi connectivity index (χ1v) is 5.81. The van der Waals surface area contributed by atoms with Crippen molar-refractivity contribution in [3.63, 3.8) is 0 Å². The quantitative estimate of drug-likeness (QED) is 0.840. The minimum Gasteiger partial charge on any atom is -0.454 e. The third-order valence-corrected chi connectivity index (χ3v) is 2.91. The molecule has 1 aromatic carbocycles. The minimum absolute atomic E-state index is 0.0792. The van der Waals surface area contributed by atoms with Crippen molar-refractivity contribution in [2.45, 2.75) is 38.8 Å². The molecule has 1 atom stereocenters. The summed E-state index contributed by atoms with van der Waals surface area (Å²) in [5.41, 5.74) is 14.1. The van der Waals surface area contributed by atoms with Crippen LogP contribution in [0, 0.1) is 6.92 Å². The van der Waals surface area contributed by atoms with Crippen LogP contribution < -0.4 is 20.9 Å². The molecule has 4 heteroatoms. The van der Waals surface area contributed by atoms with Crippen molar-refractivity contribution in [1.82, 2.24) is 0 Å². The Morgan fingerprint density at radius 2 is 1.88 bits per heavy atom. The van der Waals surface area contributed by atoms with Gasteiger partial charge in [0.2, 0.25) is 6.79 Å². The molecule has 0 aromatic heterocycles. The van der Waals surface area contributed by atoms with Crippen LogP contribution in [-0.2, 0) is 0 Å². The van der Waals surface area contributed by atoms with E-state index in [4.69, 9.17) is 20.9 Å². The first-order chi connectivity index (χ1) is 7.87. The zero-order chi connectivity index (χ0) is 12.6. The van der Waals surface area contributed by atoms with Crippen LogP contribution in [0.1, 0.15) is 37.4 Å². The maximum atomic E-state index is 6.20. The fourth-order valence-corrected chi connectivity index (χ4v) is 2.14. The van der Waals surface area contributed by atoms with Crippen molar-refractivity contribution < 1.29 is 9.47 Å². The molecule has 4 nitrogen and oxygen atoms in total. The molecule has 4 N–H and O–H groups in total. The van der Waals surface area contributed by atoms with Gasteiger partial charge < -0.3 is 20.9 Å². The largest absolute Gasteiger partial charge is 0.454 e. The van der Waals surface area contributed by atoms with Gasteiger partial charge in [0.25, 0.3) is 0 Å². The minimum atomic E-state index is -0.276. The van der Waals surface area contributed by atoms with E-state index >= 15 is 0 Å². The van der Waals surface area contributed by atoms with E-state index in [0.717, 1.165) is 29.0 Å². The standard InChI is InChI=1S/C13H20N2O2/c1-8-4-11-12(17-7-16-11)5-9(8)10(14)6-13(2,3)15/h4-5,10H,6-7,14-15H2,1-3H3. The average molecular weight is 236 g/mol. The zero-order valence-electron chi connectivity index (χ0n) is 10.6. The Morgan fingerprint density at radius 3 is 2.47 bits per heavy atom. The van der Waals surface area contributed by atoms with Gasteiger partial charge in [0.05, 0.1) is 0 Å².